The van der Waals surface area contributed by atoms with Gasteiger partial charge in [-0.1, -0.05) is 279 Å². The monoisotopic (exact) mass is 1140 g/mol. The second-order valence-electron chi connectivity index (χ2n) is 23.5. The average molecular weight is 1140 g/mol. The van der Waals surface area contributed by atoms with Crippen molar-refractivity contribution in [3.63, 3.8) is 0 Å². The number of phosphoric acid groups is 1. The van der Waals surface area contributed by atoms with Crippen molar-refractivity contribution < 1.29 is 42.1 Å². The summed E-state index contributed by atoms with van der Waals surface area (Å²) in [5.74, 6) is -0.791. The van der Waals surface area contributed by atoms with E-state index in [1.54, 1.807) is 0 Å². The molecule has 10 heteroatoms. The van der Waals surface area contributed by atoms with Crippen LogP contribution in [0.4, 0.5) is 0 Å². The van der Waals surface area contributed by atoms with Crippen LogP contribution >= 0.6 is 7.82 Å². The van der Waals surface area contributed by atoms with E-state index in [2.05, 4.69) is 98.9 Å². The zero-order chi connectivity index (χ0) is 58.4. The fraction of sp³-hybridized carbons (Fsp3) is 0.771. The van der Waals surface area contributed by atoms with E-state index in [1.165, 1.54) is 186 Å². The molecule has 2 unspecified atom stereocenters. The molecule has 0 aromatic heterocycles. The van der Waals surface area contributed by atoms with Gasteiger partial charge in [-0.15, -0.1) is 0 Å². The number of nitrogens with zero attached hydrogens (tertiary/aromatic N) is 1. The van der Waals surface area contributed by atoms with Crippen molar-refractivity contribution in [2.75, 3.05) is 47.5 Å². The molecule has 0 bridgehead atoms. The molecule has 0 aromatic rings. The van der Waals surface area contributed by atoms with E-state index < -0.39 is 26.5 Å². The van der Waals surface area contributed by atoms with Crippen LogP contribution < -0.4 is 0 Å². The van der Waals surface area contributed by atoms with Crippen molar-refractivity contribution in [2.45, 2.75) is 302 Å². The summed E-state index contributed by atoms with van der Waals surface area (Å²) in [5, 5.41) is 0. The predicted molar refractivity (Wildman–Crippen MR) is 344 cm³/mol. The van der Waals surface area contributed by atoms with E-state index in [0.717, 1.165) is 77.0 Å². The molecule has 0 aliphatic carbocycles. The van der Waals surface area contributed by atoms with E-state index in [9.17, 15) is 19.0 Å². The molecule has 0 saturated carbocycles. The number of allylic oxidation sites excluding steroid dienone is 14. The highest BCUT2D eigenvalue weighted by molar-refractivity contribution is 7.47. The van der Waals surface area contributed by atoms with Crippen LogP contribution in [0.2, 0.25) is 0 Å². The van der Waals surface area contributed by atoms with Gasteiger partial charge in [-0.05, 0) is 89.9 Å². The first kappa shape index (κ1) is 77.2. The van der Waals surface area contributed by atoms with Crippen LogP contribution in [0.3, 0.4) is 0 Å². The van der Waals surface area contributed by atoms with E-state index in [-0.39, 0.29) is 32.0 Å². The quantitative estimate of drug-likeness (QED) is 0.0211. The number of rotatable bonds is 61. The Balaban J connectivity index is 4.07. The highest BCUT2D eigenvalue weighted by Gasteiger charge is 2.27. The summed E-state index contributed by atoms with van der Waals surface area (Å²) in [6.45, 7) is 4.34. The maximum Gasteiger partial charge on any atom is 0.472 e. The van der Waals surface area contributed by atoms with Gasteiger partial charge >= 0.3 is 19.8 Å². The minimum atomic E-state index is -4.39. The third-order valence-corrected chi connectivity index (χ3v) is 15.4. The minimum Gasteiger partial charge on any atom is -0.462 e. The van der Waals surface area contributed by atoms with Gasteiger partial charge in [-0.25, -0.2) is 4.57 Å². The van der Waals surface area contributed by atoms with E-state index >= 15 is 0 Å². The van der Waals surface area contributed by atoms with Crippen molar-refractivity contribution in [1.29, 1.82) is 0 Å². The number of carbonyl (C=O) groups excluding carboxylic acids is 2. The molecule has 0 amide bonds. The first-order chi connectivity index (χ1) is 39.0. The Bertz CT molecular complexity index is 1630. The Morgan fingerprint density at radius 1 is 0.400 bits per heavy atom. The summed E-state index contributed by atoms with van der Waals surface area (Å²) >= 11 is 0. The number of hydrogen-bond donors (Lipinski definition) is 1. The highest BCUT2D eigenvalue weighted by Crippen LogP contribution is 2.43. The zero-order valence-electron chi connectivity index (χ0n) is 52.8. The van der Waals surface area contributed by atoms with Crippen LogP contribution in [-0.2, 0) is 32.7 Å². The highest BCUT2D eigenvalue weighted by atomic mass is 31.2. The maximum atomic E-state index is 12.9. The number of carbonyl (C=O) groups is 2. The average Bonchev–Trinajstić information content (AvgIpc) is 3.42. The number of unbranched alkanes of at least 4 members (excludes halogenated alkanes) is 33. The molecule has 0 saturated heterocycles. The van der Waals surface area contributed by atoms with Gasteiger partial charge in [-0.3, -0.25) is 18.6 Å². The number of likely N-dealkylation sites (N-methyl/N-ethyl adjacent to an activating group) is 1. The summed E-state index contributed by atoms with van der Waals surface area (Å²) in [4.78, 5) is 35.8. The summed E-state index contributed by atoms with van der Waals surface area (Å²) in [6.07, 6.45) is 82.4. The van der Waals surface area contributed by atoms with Gasteiger partial charge in [0.05, 0.1) is 27.7 Å². The third kappa shape index (κ3) is 64.4. The minimum absolute atomic E-state index is 0.0296. The van der Waals surface area contributed by atoms with Crippen LogP contribution in [0, 0.1) is 0 Å². The maximum absolute atomic E-state index is 12.9. The molecule has 0 aliphatic rings. The van der Waals surface area contributed by atoms with Gasteiger partial charge in [-0.2, -0.15) is 0 Å². The number of phosphoric ester groups is 1. The molecule has 9 nitrogen and oxygen atoms in total. The summed E-state index contributed by atoms with van der Waals surface area (Å²) in [7, 11) is 1.48. The molecular weight excluding hydrogens is 1010 g/mol. The summed E-state index contributed by atoms with van der Waals surface area (Å²) < 4.78 is 34.7. The van der Waals surface area contributed by atoms with E-state index in [1.807, 2.05) is 21.1 Å². The molecule has 1 N–H and O–H groups in total. The van der Waals surface area contributed by atoms with Crippen LogP contribution in [0.15, 0.2) is 85.1 Å². The molecule has 0 rings (SSSR count). The Morgan fingerprint density at radius 2 is 0.713 bits per heavy atom. The molecule has 0 aromatic carbocycles. The van der Waals surface area contributed by atoms with Crippen molar-refractivity contribution in [1.82, 2.24) is 0 Å². The van der Waals surface area contributed by atoms with Gasteiger partial charge in [0.15, 0.2) is 6.10 Å². The van der Waals surface area contributed by atoms with Gasteiger partial charge in [0, 0.05) is 12.8 Å². The van der Waals surface area contributed by atoms with Gasteiger partial charge in [0.25, 0.3) is 0 Å². The Hall–Kier alpha value is -2.81. The number of ether oxygens (including phenoxy) is 2. The number of quaternary nitrogens is 1. The van der Waals surface area contributed by atoms with Crippen molar-refractivity contribution in [3.05, 3.63) is 85.1 Å². The topological polar surface area (TPSA) is 108 Å². The van der Waals surface area contributed by atoms with Crippen LogP contribution in [0.25, 0.3) is 0 Å². The number of esters is 2. The molecular formula is C70H127NO8P+. The van der Waals surface area contributed by atoms with Gasteiger partial charge in [0.2, 0.25) is 0 Å². The number of hydrogen-bond acceptors (Lipinski definition) is 7. The lowest BCUT2D eigenvalue weighted by molar-refractivity contribution is -0.870. The molecule has 0 heterocycles. The van der Waals surface area contributed by atoms with Crippen molar-refractivity contribution in [3.8, 4) is 0 Å². The molecule has 0 radical (unpaired) electrons. The van der Waals surface area contributed by atoms with Gasteiger partial charge < -0.3 is 18.9 Å². The van der Waals surface area contributed by atoms with Crippen LogP contribution in [-0.4, -0.2) is 74.9 Å². The Morgan fingerprint density at radius 3 is 1.06 bits per heavy atom. The molecule has 0 spiro atoms. The first-order valence-corrected chi connectivity index (χ1v) is 34.8. The van der Waals surface area contributed by atoms with Crippen LogP contribution in [0.1, 0.15) is 296 Å². The summed E-state index contributed by atoms with van der Waals surface area (Å²) in [6, 6.07) is 0. The zero-order valence-corrected chi connectivity index (χ0v) is 53.7. The third-order valence-electron chi connectivity index (χ3n) is 14.4. The normalized spacial score (nSPS) is 13.7. The Kier molecular flexibility index (Phi) is 58.6. The molecule has 0 fully saturated rings. The van der Waals surface area contributed by atoms with Crippen LogP contribution in [0.5, 0.6) is 0 Å². The van der Waals surface area contributed by atoms with E-state index in [4.69, 9.17) is 18.5 Å². The van der Waals surface area contributed by atoms with Crippen molar-refractivity contribution >= 4 is 19.8 Å². The second kappa shape index (κ2) is 60.8. The molecule has 2 atom stereocenters. The van der Waals surface area contributed by atoms with Crippen molar-refractivity contribution in [2.24, 2.45) is 0 Å². The Labute approximate surface area is 494 Å². The standard InChI is InChI=1S/C70H126NO8P/c1-6-8-10-12-14-16-18-20-22-24-26-28-30-32-34-35-37-38-40-42-44-46-48-50-52-54-56-58-60-62-69(72)76-66-68(67-78-80(74,75)77-65-64-71(3,4)5)79-70(73)63-61-59-57-55-53-51-49-47-45-43-41-39-36-33-31-29-27-25-23-21-19-17-15-13-11-9-7-2/h9,11,15,17-18,20-21,23-24,26-27,29-30,32,68H,6-8,10,12-14,16,19,22,25,28,31,33-67H2,1-5H3/p+1/b11-9-,17-15-,20-18-,23-21-,26-24-,29-27-,32-30-. The lowest BCUT2D eigenvalue weighted by Gasteiger charge is -2.24. The molecule has 80 heavy (non-hydrogen) atoms. The molecule has 0 aliphatic heterocycles. The van der Waals surface area contributed by atoms with Gasteiger partial charge in [0.1, 0.15) is 19.8 Å². The smallest absolute Gasteiger partial charge is 0.462 e. The summed E-state index contributed by atoms with van der Waals surface area (Å²) in [5.41, 5.74) is 0. The SMILES string of the molecule is CC/C=C\C/C=C\C/C=C\C/C=C\CCCCCCCCCCCCCCCCC(=O)OC(COC(=O)CCCCCCCCCCCCCCCC/C=C\C/C=C\C/C=C\CCCCCCC)COP(=O)(O)OCC[N+](C)(C)C. The fourth-order valence-electron chi connectivity index (χ4n) is 9.31. The first-order valence-electron chi connectivity index (χ1n) is 33.3. The lowest BCUT2D eigenvalue weighted by atomic mass is 10.0. The predicted octanol–water partition coefficient (Wildman–Crippen LogP) is 21.4. The second-order valence-corrected chi connectivity index (χ2v) is 24.9. The largest absolute Gasteiger partial charge is 0.472 e. The lowest BCUT2D eigenvalue weighted by Crippen LogP contribution is -2.37. The molecule has 464 valence electrons. The van der Waals surface area contributed by atoms with E-state index in [0.29, 0.717) is 17.4 Å². The fourth-order valence-corrected chi connectivity index (χ4v) is 10.1.